The summed E-state index contributed by atoms with van der Waals surface area (Å²) in [6.45, 7) is 1.31. The van der Waals surface area contributed by atoms with Crippen LogP contribution in [-0.2, 0) is 0 Å². The molecule has 0 unspecified atom stereocenters. The molecule has 2 aromatic rings. The van der Waals surface area contributed by atoms with Gasteiger partial charge in [0.1, 0.15) is 5.56 Å². The van der Waals surface area contributed by atoms with Gasteiger partial charge in [0.05, 0.1) is 6.61 Å². The van der Waals surface area contributed by atoms with Gasteiger partial charge in [0, 0.05) is 12.7 Å². The maximum absolute atomic E-state index is 12.3. The number of nitrogens with zero attached hydrogens (tertiary/aromatic N) is 1. The molecule has 0 atom stereocenters. The third-order valence-electron chi connectivity index (χ3n) is 3.69. The van der Waals surface area contributed by atoms with Crippen molar-refractivity contribution >= 4 is 5.91 Å². The zero-order valence-electron chi connectivity index (χ0n) is 13.0. The van der Waals surface area contributed by atoms with Crippen LogP contribution in [0.25, 0.3) is 0 Å². The van der Waals surface area contributed by atoms with Gasteiger partial charge in [-0.25, -0.2) is 4.98 Å². The van der Waals surface area contributed by atoms with Crippen LogP contribution in [-0.4, -0.2) is 24.0 Å². The summed E-state index contributed by atoms with van der Waals surface area (Å²) in [5.74, 6) is 1.36. The first-order chi connectivity index (χ1) is 11.3. The van der Waals surface area contributed by atoms with Crippen molar-refractivity contribution in [3.8, 4) is 17.4 Å². The van der Waals surface area contributed by atoms with Crippen LogP contribution in [0.15, 0.2) is 42.6 Å². The number of amides is 1. The highest BCUT2D eigenvalue weighted by molar-refractivity contribution is 5.96. The number of carbonyl (C=O) groups is 1. The topological polar surface area (TPSA) is 60.5 Å². The fourth-order valence-electron chi connectivity index (χ4n) is 2.46. The SMILES string of the molecule is O=C1NCCCCCCOc2ccccc2Oc2ncccc21. The molecule has 2 heterocycles. The first kappa shape index (κ1) is 15.3. The van der Waals surface area contributed by atoms with Gasteiger partial charge in [-0.3, -0.25) is 4.79 Å². The molecule has 0 saturated heterocycles. The zero-order chi connectivity index (χ0) is 15.9. The van der Waals surface area contributed by atoms with Crippen LogP contribution < -0.4 is 14.8 Å². The largest absolute Gasteiger partial charge is 0.490 e. The summed E-state index contributed by atoms with van der Waals surface area (Å²) in [7, 11) is 0. The molecule has 3 rings (SSSR count). The maximum Gasteiger partial charge on any atom is 0.256 e. The number of para-hydroxylation sites is 2. The van der Waals surface area contributed by atoms with Crippen molar-refractivity contribution in [2.45, 2.75) is 25.7 Å². The van der Waals surface area contributed by atoms with Gasteiger partial charge in [-0.05, 0) is 37.1 Å². The predicted octanol–water partition coefficient (Wildman–Crippen LogP) is 3.56. The van der Waals surface area contributed by atoms with Crippen LogP contribution in [0.4, 0.5) is 0 Å². The van der Waals surface area contributed by atoms with E-state index in [0.29, 0.717) is 30.2 Å². The molecule has 0 fully saturated rings. The second kappa shape index (κ2) is 7.63. The minimum atomic E-state index is -0.163. The molecular formula is C18H20N2O3. The normalized spacial score (nSPS) is 15.9. The second-order valence-corrected chi connectivity index (χ2v) is 5.42. The van der Waals surface area contributed by atoms with Crippen molar-refractivity contribution in [1.82, 2.24) is 10.3 Å². The monoisotopic (exact) mass is 312 g/mol. The summed E-state index contributed by atoms with van der Waals surface area (Å²) >= 11 is 0. The van der Waals surface area contributed by atoms with E-state index in [1.54, 1.807) is 18.3 Å². The van der Waals surface area contributed by atoms with Crippen LogP contribution in [0.1, 0.15) is 36.0 Å². The fourth-order valence-corrected chi connectivity index (χ4v) is 2.46. The maximum atomic E-state index is 12.3. The zero-order valence-corrected chi connectivity index (χ0v) is 13.0. The van der Waals surface area contributed by atoms with Crippen molar-refractivity contribution in [3.63, 3.8) is 0 Å². The highest BCUT2D eigenvalue weighted by Crippen LogP contribution is 2.32. The van der Waals surface area contributed by atoms with Gasteiger partial charge in [-0.15, -0.1) is 0 Å². The van der Waals surface area contributed by atoms with Gasteiger partial charge in [-0.2, -0.15) is 0 Å². The van der Waals surface area contributed by atoms with Crippen LogP contribution in [0.2, 0.25) is 0 Å². The smallest absolute Gasteiger partial charge is 0.256 e. The number of carbonyl (C=O) groups excluding carboxylic acids is 1. The summed E-state index contributed by atoms with van der Waals surface area (Å²) in [5.41, 5.74) is 0.430. The minimum absolute atomic E-state index is 0.163. The number of pyridine rings is 1. The predicted molar refractivity (Wildman–Crippen MR) is 87.0 cm³/mol. The highest BCUT2D eigenvalue weighted by Gasteiger charge is 2.16. The Kier molecular flexibility index (Phi) is 5.09. The summed E-state index contributed by atoms with van der Waals surface area (Å²) in [4.78, 5) is 16.5. The first-order valence-corrected chi connectivity index (χ1v) is 7.97. The van der Waals surface area contributed by atoms with Gasteiger partial charge >= 0.3 is 0 Å². The van der Waals surface area contributed by atoms with Gasteiger partial charge in [-0.1, -0.05) is 25.0 Å². The molecule has 0 radical (unpaired) electrons. The number of aromatic nitrogens is 1. The Labute approximate surface area is 135 Å². The third kappa shape index (κ3) is 4.00. The van der Waals surface area contributed by atoms with E-state index < -0.39 is 0 Å². The molecule has 1 aromatic heterocycles. The Morgan fingerprint density at radius 2 is 1.78 bits per heavy atom. The number of nitrogens with one attached hydrogen (secondary N) is 1. The Bertz CT molecular complexity index is 673. The lowest BCUT2D eigenvalue weighted by atomic mass is 10.2. The lowest BCUT2D eigenvalue weighted by molar-refractivity contribution is 0.0949. The second-order valence-electron chi connectivity index (χ2n) is 5.42. The molecule has 0 aliphatic carbocycles. The molecule has 120 valence electrons. The molecule has 5 nitrogen and oxygen atoms in total. The molecule has 5 heteroatoms. The summed E-state index contributed by atoms with van der Waals surface area (Å²) in [6, 6.07) is 10.9. The van der Waals surface area contributed by atoms with E-state index >= 15 is 0 Å². The van der Waals surface area contributed by atoms with E-state index in [1.807, 2.05) is 24.3 Å². The molecule has 1 aliphatic heterocycles. The number of hydrogen-bond donors (Lipinski definition) is 1. The fraction of sp³-hybridized carbons (Fsp3) is 0.333. The molecule has 0 bridgehead atoms. The molecule has 0 saturated carbocycles. The van der Waals surface area contributed by atoms with Crippen molar-refractivity contribution in [2.24, 2.45) is 0 Å². The van der Waals surface area contributed by atoms with Gasteiger partial charge in [0.2, 0.25) is 5.88 Å². The first-order valence-electron chi connectivity index (χ1n) is 7.97. The van der Waals surface area contributed by atoms with E-state index in [0.717, 1.165) is 25.7 Å². The van der Waals surface area contributed by atoms with Gasteiger partial charge in [0.15, 0.2) is 11.5 Å². The Morgan fingerprint density at radius 1 is 0.957 bits per heavy atom. The minimum Gasteiger partial charge on any atom is -0.490 e. The molecular weight excluding hydrogens is 292 g/mol. The number of benzene rings is 1. The molecule has 1 aromatic carbocycles. The third-order valence-corrected chi connectivity index (χ3v) is 3.69. The lowest BCUT2D eigenvalue weighted by Gasteiger charge is -2.14. The average Bonchev–Trinajstić information content (AvgIpc) is 2.58. The van der Waals surface area contributed by atoms with E-state index in [9.17, 15) is 4.79 Å². The van der Waals surface area contributed by atoms with Crippen LogP contribution in [0.5, 0.6) is 17.4 Å². The number of rotatable bonds is 0. The summed E-state index contributed by atoms with van der Waals surface area (Å²) in [6.07, 6.45) is 5.70. The lowest BCUT2D eigenvalue weighted by Crippen LogP contribution is -2.25. The number of hydrogen-bond acceptors (Lipinski definition) is 4. The van der Waals surface area contributed by atoms with E-state index in [-0.39, 0.29) is 11.8 Å². The van der Waals surface area contributed by atoms with Crippen molar-refractivity contribution < 1.29 is 14.3 Å². The molecule has 1 N–H and O–H groups in total. The molecule has 1 aliphatic rings. The van der Waals surface area contributed by atoms with Crippen LogP contribution in [0.3, 0.4) is 0 Å². The molecule has 23 heavy (non-hydrogen) atoms. The van der Waals surface area contributed by atoms with E-state index in [4.69, 9.17) is 9.47 Å². The van der Waals surface area contributed by atoms with Crippen molar-refractivity contribution in [1.29, 1.82) is 0 Å². The van der Waals surface area contributed by atoms with Crippen molar-refractivity contribution in [2.75, 3.05) is 13.2 Å². The Morgan fingerprint density at radius 3 is 2.70 bits per heavy atom. The quantitative estimate of drug-likeness (QED) is 0.808. The van der Waals surface area contributed by atoms with E-state index in [2.05, 4.69) is 10.3 Å². The van der Waals surface area contributed by atoms with E-state index in [1.165, 1.54) is 0 Å². The summed E-state index contributed by atoms with van der Waals surface area (Å²) in [5, 5.41) is 2.93. The molecule has 0 spiro atoms. The van der Waals surface area contributed by atoms with Crippen LogP contribution in [0, 0.1) is 0 Å². The number of ether oxygens (including phenoxy) is 2. The number of fused-ring (bicyclic) bond motifs is 2. The molecule has 1 amide bonds. The Balaban J connectivity index is 1.92. The summed E-state index contributed by atoms with van der Waals surface area (Å²) < 4.78 is 11.7. The van der Waals surface area contributed by atoms with Gasteiger partial charge in [0.25, 0.3) is 5.91 Å². The Hall–Kier alpha value is -2.56. The standard InChI is InChI=1S/C18H20N2O3/c21-17-14-8-7-12-20-18(14)23-16-10-4-3-9-15(16)22-13-6-2-1-5-11-19-17/h3-4,7-10,12H,1-2,5-6,11,13H2,(H,19,21). The highest BCUT2D eigenvalue weighted by atomic mass is 16.5. The van der Waals surface area contributed by atoms with Gasteiger partial charge < -0.3 is 14.8 Å². The average molecular weight is 312 g/mol. The van der Waals surface area contributed by atoms with Crippen molar-refractivity contribution in [3.05, 3.63) is 48.2 Å². The van der Waals surface area contributed by atoms with Crippen LogP contribution >= 0.6 is 0 Å².